The van der Waals surface area contributed by atoms with Crippen molar-refractivity contribution in [3.8, 4) is 22.9 Å². The summed E-state index contributed by atoms with van der Waals surface area (Å²) in [5.74, 6) is 0.691. The number of rotatable bonds is 2. The fraction of sp³-hybridized carbons (Fsp3) is 0. The molecule has 1 aromatic carbocycles. The Hall–Kier alpha value is -3.17. The summed E-state index contributed by atoms with van der Waals surface area (Å²) in [5.41, 5.74) is 4.47. The van der Waals surface area contributed by atoms with Crippen LogP contribution in [0.1, 0.15) is 0 Å². The number of benzene rings is 1. The molecule has 0 N–H and O–H groups in total. The van der Waals surface area contributed by atoms with E-state index in [1.165, 1.54) is 0 Å². The summed E-state index contributed by atoms with van der Waals surface area (Å²) in [6.45, 7) is 0. The van der Waals surface area contributed by atoms with E-state index in [2.05, 4.69) is 24.9 Å². The molecule has 0 saturated heterocycles. The topological polar surface area (TPSA) is 65.7 Å². The predicted molar refractivity (Wildman–Crippen MR) is 106 cm³/mol. The van der Waals surface area contributed by atoms with Gasteiger partial charge in [0.2, 0.25) is 0 Å². The van der Waals surface area contributed by atoms with Gasteiger partial charge in [-0.05, 0) is 53.3 Å². The number of aromatic nitrogens is 5. The molecule has 5 aromatic rings. The van der Waals surface area contributed by atoms with Crippen molar-refractivity contribution in [2.75, 3.05) is 0 Å². The van der Waals surface area contributed by atoms with Crippen LogP contribution < -0.4 is 4.98 Å². The van der Waals surface area contributed by atoms with Gasteiger partial charge in [0.05, 0.1) is 17.1 Å². The van der Waals surface area contributed by atoms with Crippen molar-refractivity contribution in [2.45, 2.75) is 0 Å². The van der Waals surface area contributed by atoms with E-state index in [1.807, 2.05) is 78.9 Å². The predicted octanol–water partition coefficient (Wildman–Crippen LogP) is 4.40. The molecule has 0 atom stereocenters. The normalized spacial score (nSPS) is 9.86. The van der Waals surface area contributed by atoms with Crippen molar-refractivity contribution in [3.63, 3.8) is 0 Å². The number of fused-ring (bicyclic) bond motifs is 1. The van der Waals surface area contributed by atoms with E-state index >= 15 is 0 Å². The van der Waals surface area contributed by atoms with Gasteiger partial charge in [-0.25, -0.2) is 0 Å². The molecule has 0 unspecified atom stereocenters. The van der Waals surface area contributed by atoms with Gasteiger partial charge in [-0.15, -0.1) is 0 Å². The SMILES string of the molecule is [Pt].c1ccc(-c2ccccn2)nc1.c1ccc(-c2nc3ccccc3[n-]2)nc1. The zero-order chi connectivity index (χ0) is 18.3. The van der Waals surface area contributed by atoms with E-state index in [4.69, 9.17) is 0 Å². The Morgan fingerprint density at radius 3 is 1.54 bits per heavy atom. The summed E-state index contributed by atoms with van der Waals surface area (Å²) >= 11 is 0. The Morgan fingerprint density at radius 1 is 0.536 bits per heavy atom. The van der Waals surface area contributed by atoms with Crippen LogP contribution in [0.5, 0.6) is 0 Å². The second-order valence-electron chi connectivity index (χ2n) is 5.68. The minimum absolute atomic E-state index is 0. The van der Waals surface area contributed by atoms with E-state index in [-0.39, 0.29) is 21.1 Å². The summed E-state index contributed by atoms with van der Waals surface area (Å²) in [6.07, 6.45) is 5.28. The first-order valence-corrected chi connectivity index (χ1v) is 8.53. The number of nitrogens with zero attached hydrogens (tertiary/aromatic N) is 5. The maximum atomic E-state index is 4.41. The van der Waals surface area contributed by atoms with Gasteiger partial charge in [0.1, 0.15) is 0 Å². The van der Waals surface area contributed by atoms with Crippen LogP contribution in [0.15, 0.2) is 97.5 Å². The van der Waals surface area contributed by atoms with Crippen molar-refractivity contribution in [3.05, 3.63) is 97.5 Å². The summed E-state index contributed by atoms with van der Waals surface area (Å²) in [7, 11) is 0. The van der Waals surface area contributed by atoms with E-state index in [9.17, 15) is 0 Å². The standard InChI is InChI=1S/C12H8N3.C10H8N2.Pt/c1-2-6-10-9(5-1)14-12(15-10)11-7-3-4-8-13-11;1-3-7-11-9(5-1)10-6-2-4-8-12-10;/h1-8H;1-8H;/q-1;;. The van der Waals surface area contributed by atoms with Gasteiger partial charge in [0.15, 0.2) is 0 Å². The van der Waals surface area contributed by atoms with Crippen molar-refractivity contribution in [1.82, 2.24) is 24.9 Å². The number of hydrogen-bond acceptors (Lipinski definition) is 4. The summed E-state index contributed by atoms with van der Waals surface area (Å²) in [4.78, 5) is 21.4. The third-order valence-electron chi connectivity index (χ3n) is 3.82. The van der Waals surface area contributed by atoms with Crippen LogP contribution in [0, 0.1) is 0 Å². The molecule has 6 heteroatoms. The summed E-state index contributed by atoms with van der Waals surface area (Å²) in [5, 5.41) is 0. The second kappa shape index (κ2) is 9.67. The van der Waals surface area contributed by atoms with Gasteiger partial charge in [-0.2, -0.15) is 0 Å². The van der Waals surface area contributed by atoms with Gasteiger partial charge < -0.3 is 9.97 Å². The second-order valence-corrected chi connectivity index (χ2v) is 5.68. The average molecular weight is 545 g/mol. The van der Waals surface area contributed by atoms with Crippen molar-refractivity contribution in [2.24, 2.45) is 0 Å². The fourth-order valence-electron chi connectivity index (χ4n) is 2.54. The van der Waals surface area contributed by atoms with E-state index < -0.39 is 0 Å². The minimum Gasteiger partial charge on any atom is -0.434 e. The van der Waals surface area contributed by atoms with Crippen molar-refractivity contribution < 1.29 is 21.1 Å². The summed E-state index contributed by atoms with van der Waals surface area (Å²) in [6, 6.07) is 25.1. The quantitative estimate of drug-likeness (QED) is 0.329. The molecule has 28 heavy (non-hydrogen) atoms. The molecule has 0 aliphatic carbocycles. The van der Waals surface area contributed by atoms with Crippen LogP contribution in [-0.4, -0.2) is 19.9 Å². The fourth-order valence-corrected chi connectivity index (χ4v) is 2.54. The van der Waals surface area contributed by atoms with Crippen LogP contribution in [0.4, 0.5) is 0 Å². The molecule has 0 aliphatic rings. The van der Waals surface area contributed by atoms with Gasteiger partial charge in [0.25, 0.3) is 0 Å². The molecule has 0 fully saturated rings. The third-order valence-corrected chi connectivity index (χ3v) is 3.82. The zero-order valence-corrected chi connectivity index (χ0v) is 17.1. The van der Waals surface area contributed by atoms with Crippen molar-refractivity contribution in [1.29, 1.82) is 0 Å². The first-order chi connectivity index (χ1) is 13.4. The van der Waals surface area contributed by atoms with Crippen LogP contribution >= 0.6 is 0 Å². The Labute approximate surface area is 177 Å². The number of pyridine rings is 3. The average Bonchev–Trinajstić information content (AvgIpc) is 3.21. The first-order valence-electron chi connectivity index (χ1n) is 8.53. The van der Waals surface area contributed by atoms with Crippen LogP contribution in [0.3, 0.4) is 0 Å². The van der Waals surface area contributed by atoms with Gasteiger partial charge in [-0.1, -0.05) is 42.5 Å². The molecule has 0 amide bonds. The number of para-hydroxylation sites is 2. The van der Waals surface area contributed by atoms with E-state index in [0.717, 1.165) is 28.1 Å². The van der Waals surface area contributed by atoms with Crippen LogP contribution in [0.25, 0.3) is 33.9 Å². The minimum atomic E-state index is 0. The monoisotopic (exact) mass is 545 g/mol. The Bertz CT molecular complexity index is 1040. The maximum Gasteiger partial charge on any atom is 0.0886 e. The molecular formula is C22H16N5Pt-. The largest absolute Gasteiger partial charge is 0.434 e. The number of imidazole rings is 1. The maximum absolute atomic E-state index is 4.41. The molecule has 140 valence electrons. The van der Waals surface area contributed by atoms with Gasteiger partial charge >= 0.3 is 0 Å². The zero-order valence-electron chi connectivity index (χ0n) is 14.8. The Morgan fingerprint density at radius 2 is 1.04 bits per heavy atom. The Kier molecular flexibility index (Phi) is 6.77. The summed E-state index contributed by atoms with van der Waals surface area (Å²) < 4.78 is 0. The van der Waals surface area contributed by atoms with Crippen molar-refractivity contribution >= 4 is 11.0 Å². The molecule has 4 heterocycles. The van der Waals surface area contributed by atoms with Crippen LogP contribution in [0.2, 0.25) is 0 Å². The molecular weight excluding hydrogens is 529 g/mol. The van der Waals surface area contributed by atoms with Gasteiger partial charge in [0, 0.05) is 39.7 Å². The number of hydrogen-bond donors (Lipinski definition) is 0. The first kappa shape index (κ1) is 19.6. The van der Waals surface area contributed by atoms with Gasteiger partial charge in [-0.3, -0.25) is 15.0 Å². The molecule has 0 bridgehead atoms. The van der Waals surface area contributed by atoms with E-state index in [0.29, 0.717) is 5.82 Å². The molecule has 0 spiro atoms. The Balaban J connectivity index is 0.000000159. The molecule has 5 rings (SSSR count). The molecule has 5 nitrogen and oxygen atoms in total. The molecule has 0 radical (unpaired) electrons. The third kappa shape index (κ3) is 4.75. The van der Waals surface area contributed by atoms with E-state index in [1.54, 1.807) is 18.6 Å². The smallest absolute Gasteiger partial charge is 0.0886 e. The van der Waals surface area contributed by atoms with Crippen LogP contribution in [-0.2, 0) is 21.1 Å². The molecule has 4 aromatic heterocycles. The molecule has 0 saturated carbocycles. The molecule has 0 aliphatic heterocycles.